The van der Waals surface area contributed by atoms with Crippen LogP contribution in [0.5, 0.6) is 0 Å². The molecule has 2 aliphatic rings. The van der Waals surface area contributed by atoms with Crippen LogP contribution in [-0.2, 0) is 33.3 Å². The normalized spacial score (nSPS) is 25.0. The first-order chi connectivity index (χ1) is 37.1. The maximum Gasteiger partial charge on any atom is 1.00 e. The first-order valence-electron chi connectivity index (χ1n) is 30.9. The maximum atomic E-state index is 13.4. The van der Waals surface area contributed by atoms with E-state index in [0.29, 0.717) is 19.3 Å². The average Bonchev–Trinajstić information content (AvgIpc) is 3.43. The van der Waals surface area contributed by atoms with Crippen LogP contribution in [0.1, 0.15) is 258 Å². The van der Waals surface area contributed by atoms with Gasteiger partial charge in [-0.3, -0.25) is 9.59 Å². The van der Waals surface area contributed by atoms with Crippen LogP contribution in [-0.4, -0.2) is 158 Å². The van der Waals surface area contributed by atoms with E-state index in [1.807, 2.05) is 0 Å². The van der Waals surface area contributed by atoms with Gasteiger partial charge in [-0.25, -0.2) is 0 Å². The van der Waals surface area contributed by atoms with E-state index in [1.165, 1.54) is 167 Å². The number of rotatable bonds is 49. The van der Waals surface area contributed by atoms with Gasteiger partial charge in [-0.1, -0.05) is 226 Å². The molecular weight excluding hydrogens is 1020 g/mol. The predicted molar refractivity (Wildman–Crippen MR) is 294 cm³/mol. The van der Waals surface area contributed by atoms with Crippen molar-refractivity contribution in [2.24, 2.45) is 0 Å². The third kappa shape index (κ3) is 31.6. The van der Waals surface area contributed by atoms with Gasteiger partial charge in [0.15, 0.2) is 6.29 Å². The third-order valence-corrected chi connectivity index (χ3v) is 15.7. The number of amides is 2. The van der Waals surface area contributed by atoms with Gasteiger partial charge in [0.1, 0.15) is 48.7 Å². The first kappa shape index (κ1) is 74.9. The van der Waals surface area contributed by atoms with Crippen LogP contribution >= 0.6 is 0 Å². The number of unbranched alkanes of at least 4 members (excludes halogenated alkanes) is 32. The number of nitrogens with one attached hydrogen (secondary N) is 2. The molecular formula is C59H111N2NaO16. The number of aliphatic carboxylic acids is 1. The Labute approximate surface area is 491 Å². The van der Waals surface area contributed by atoms with Gasteiger partial charge >= 0.3 is 29.6 Å². The minimum atomic E-state index is -2.88. The van der Waals surface area contributed by atoms with E-state index < -0.39 is 111 Å². The van der Waals surface area contributed by atoms with Crippen molar-refractivity contribution < 1.29 is 109 Å². The molecule has 2 rings (SSSR count). The summed E-state index contributed by atoms with van der Waals surface area (Å²) < 4.78 is 22.9. The summed E-state index contributed by atoms with van der Waals surface area (Å²) in [4.78, 5) is 37.9. The first-order valence-corrected chi connectivity index (χ1v) is 30.9. The summed E-state index contributed by atoms with van der Waals surface area (Å²) in [7, 11) is 0. The van der Waals surface area contributed by atoms with Crippen LogP contribution in [0.25, 0.3) is 0 Å². The predicted octanol–water partition coefficient (Wildman–Crippen LogP) is 3.58. The second-order valence-corrected chi connectivity index (χ2v) is 22.6. The van der Waals surface area contributed by atoms with E-state index in [-0.39, 0.29) is 48.5 Å². The largest absolute Gasteiger partial charge is 1.00 e. The van der Waals surface area contributed by atoms with Crippen molar-refractivity contribution in [3.8, 4) is 0 Å². The van der Waals surface area contributed by atoms with E-state index >= 15 is 0 Å². The summed E-state index contributed by atoms with van der Waals surface area (Å²) in [5.41, 5.74) is 0. The molecule has 2 aliphatic heterocycles. The zero-order valence-electron chi connectivity index (χ0n) is 49.1. The molecule has 2 fully saturated rings. The van der Waals surface area contributed by atoms with E-state index in [1.54, 1.807) is 0 Å². The molecule has 18 nitrogen and oxygen atoms in total. The quantitative estimate of drug-likeness (QED) is 0.0308. The Hall–Kier alpha value is -1.07. The zero-order valence-corrected chi connectivity index (χ0v) is 51.1. The Bertz CT molecular complexity index is 1490. The molecule has 0 aromatic carbocycles. The van der Waals surface area contributed by atoms with Gasteiger partial charge in [0, 0.05) is 19.8 Å². The molecule has 2 saturated heterocycles. The van der Waals surface area contributed by atoms with Gasteiger partial charge in [0.05, 0.1) is 44.1 Å². The molecule has 0 spiro atoms. The fourth-order valence-corrected chi connectivity index (χ4v) is 10.7. The van der Waals surface area contributed by atoms with Crippen LogP contribution in [0, 0.1) is 0 Å². The summed E-state index contributed by atoms with van der Waals surface area (Å²) in [6.07, 6.45) is 23.8. The number of carbonyl (C=O) groups is 3. The number of hydrogen-bond donors (Lipinski definition) is 10. The molecule has 10 N–H and O–H groups in total. The maximum absolute atomic E-state index is 13.4. The van der Waals surface area contributed by atoms with Crippen LogP contribution < -0.4 is 45.3 Å². The standard InChI is InChI=1S/C59H112N2O16.Na/c1-4-6-8-10-12-14-16-18-19-20-21-22-23-24-25-27-29-31-33-35-37-39-50(67)61-45(46(64)38-36-34-32-30-28-26-17-15-13-11-9-7-5-2)42-74-57-55(71)54(70)53(69)49(76-57)43-75-59(58(72)73)40-47(65)51(60-44(3)63)56(77-59)52(68)48(66)41-62;/h45-49,51-57,62,64-66,68-71H,4-43H2,1-3H3,(H,60,63)(H,61,67)(H,72,73);/q;+1/p-1/t45-,46+,47-,48+,49+,51+,52+,53-,54-,55+,56+,57-,59+;/m0./s1. The smallest absolute Gasteiger partial charge is 0.544 e. The molecule has 0 saturated carbocycles. The average molecular weight is 1130 g/mol. The third-order valence-electron chi connectivity index (χ3n) is 15.7. The molecule has 0 aromatic rings. The van der Waals surface area contributed by atoms with Crippen LogP contribution in [0.15, 0.2) is 0 Å². The van der Waals surface area contributed by atoms with Gasteiger partial charge in [-0.2, -0.15) is 0 Å². The van der Waals surface area contributed by atoms with Crippen molar-refractivity contribution in [2.45, 2.75) is 337 Å². The van der Waals surface area contributed by atoms with Crippen LogP contribution in [0.4, 0.5) is 0 Å². The minimum Gasteiger partial charge on any atom is -0.544 e. The van der Waals surface area contributed by atoms with Crippen molar-refractivity contribution in [3.05, 3.63) is 0 Å². The Morgan fingerprint density at radius 2 is 1.04 bits per heavy atom. The SMILES string of the molecule is CCCCCCCCCCCCCCCCCCCCCCCC(=O)N[C@@H](CO[C@H]1O[C@H](CO[C@]2(C(=O)[O-])C[C@H](O)[C@@H](NC(C)=O)[C@H]([C@H](O)[C@H](O)CO)O2)[C@H](O)[C@H](O)[C@H]1O)[C@H](O)CCCCCCCCCCCCCCC.[Na+]. The van der Waals surface area contributed by atoms with Crippen molar-refractivity contribution in [3.63, 3.8) is 0 Å². The van der Waals surface area contributed by atoms with Crippen molar-refractivity contribution in [2.75, 3.05) is 19.8 Å². The molecule has 13 atom stereocenters. The van der Waals surface area contributed by atoms with Gasteiger partial charge < -0.3 is 80.3 Å². The molecule has 0 radical (unpaired) electrons. The monoisotopic (exact) mass is 1130 g/mol. The topological polar surface area (TPSA) is 297 Å². The van der Waals surface area contributed by atoms with Crippen LogP contribution in [0.3, 0.4) is 0 Å². The van der Waals surface area contributed by atoms with E-state index in [2.05, 4.69) is 24.5 Å². The van der Waals surface area contributed by atoms with Crippen molar-refractivity contribution in [1.29, 1.82) is 0 Å². The van der Waals surface area contributed by atoms with Crippen molar-refractivity contribution in [1.82, 2.24) is 10.6 Å². The van der Waals surface area contributed by atoms with E-state index in [4.69, 9.17) is 18.9 Å². The summed E-state index contributed by atoms with van der Waals surface area (Å²) >= 11 is 0. The Kier molecular flexibility index (Phi) is 44.5. The molecule has 0 aliphatic carbocycles. The molecule has 454 valence electrons. The van der Waals surface area contributed by atoms with Crippen LogP contribution in [0.2, 0.25) is 0 Å². The molecule has 0 aromatic heterocycles. The molecule has 2 heterocycles. The molecule has 0 bridgehead atoms. The number of carboxylic acid groups (broad SMARTS) is 1. The number of ether oxygens (including phenoxy) is 4. The summed E-state index contributed by atoms with van der Waals surface area (Å²) in [6, 6.07) is -2.40. The van der Waals surface area contributed by atoms with Gasteiger partial charge in [0.2, 0.25) is 17.6 Å². The molecule has 0 unspecified atom stereocenters. The second kappa shape index (κ2) is 46.3. The molecule has 2 amide bonds. The van der Waals surface area contributed by atoms with Crippen molar-refractivity contribution >= 4 is 17.8 Å². The number of carboxylic acids is 1. The zero-order chi connectivity index (χ0) is 56.7. The molecule has 19 heteroatoms. The Morgan fingerprint density at radius 1 is 0.615 bits per heavy atom. The van der Waals surface area contributed by atoms with Gasteiger partial charge in [-0.15, -0.1) is 0 Å². The number of aliphatic hydroxyl groups is 8. The van der Waals surface area contributed by atoms with Gasteiger partial charge in [0.25, 0.3) is 0 Å². The Balaban J connectivity index is 0.0000304. The molecule has 78 heavy (non-hydrogen) atoms. The summed E-state index contributed by atoms with van der Waals surface area (Å²) in [5, 5.41) is 104. The Morgan fingerprint density at radius 3 is 1.45 bits per heavy atom. The summed E-state index contributed by atoms with van der Waals surface area (Å²) in [6.45, 7) is 3.34. The van der Waals surface area contributed by atoms with E-state index in [0.717, 1.165) is 45.4 Å². The number of carbonyl (C=O) groups excluding carboxylic acids is 3. The van der Waals surface area contributed by atoms with E-state index in [9.17, 15) is 60.3 Å². The fraction of sp³-hybridized carbons (Fsp3) is 0.949. The number of hydrogen-bond acceptors (Lipinski definition) is 16. The minimum absolute atomic E-state index is 0. The second-order valence-electron chi connectivity index (χ2n) is 22.6. The van der Waals surface area contributed by atoms with Gasteiger partial charge in [-0.05, 0) is 12.8 Å². The summed E-state index contributed by atoms with van der Waals surface area (Å²) in [5.74, 6) is -5.89. The number of aliphatic hydroxyl groups excluding tert-OH is 8. The fourth-order valence-electron chi connectivity index (χ4n) is 10.7.